The molecule has 0 amide bonds. The summed E-state index contributed by atoms with van der Waals surface area (Å²) in [6, 6.07) is 14.1. The van der Waals surface area contributed by atoms with E-state index in [1.165, 1.54) is 4.57 Å². The van der Waals surface area contributed by atoms with Gasteiger partial charge in [0.2, 0.25) is 5.82 Å². The quantitative estimate of drug-likeness (QED) is 0.683. The third kappa shape index (κ3) is 2.63. The van der Waals surface area contributed by atoms with Crippen LogP contribution in [0.2, 0.25) is 0 Å². The number of hydrogen-bond donors (Lipinski definition) is 0. The highest BCUT2D eigenvalue weighted by Gasteiger charge is 2.37. The van der Waals surface area contributed by atoms with E-state index < -0.39 is 12.0 Å². The van der Waals surface area contributed by atoms with Crippen molar-refractivity contribution in [1.82, 2.24) is 9.55 Å². The molecule has 0 bridgehead atoms. The van der Waals surface area contributed by atoms with Crippen LogP contribution in [0.4, 0.5) is 13.2 Å². The van der Waals surface area contributed by atoms with Crippen LogP contribution >= 0.6 is 0 Å². The Balaban J connectivity index is 2.15. The van der Waals surface area contributed by atoms with E-state index in [2.05, 4.69) is 4.98 Å². The molecule has 0 aliphatic rings. The lowest BCUT2D eigenvalue weighted by Crippen LogP contribution is -2.15. The van der Waals surface area contributed by atoms with E-state index in [0.717, 1.165) is 11.1 Å². The van der Waals surface area contributed by atoms with Crippen LogP contribution in [0, 0.1) is 6.92 Å². The molecular weight excluding hydrogens is 277 g/mol. The maximum Gasteiger partial charge on any atom is 0.449 e. The maximum atomic E-state index is 13.2. The summed E-state index contributed by atoms with van der Waals surface area (Å²) < 4.78 is 40.8. The molecule has 1 heterocycles. The Hall–Kier alpha value is -2.30. The van der Waals surface area contributed by atoms with Gasteiger partial charge in [0, 0.05) is 6.54 Å². The number of aromatic nitrogens is 2. The highest BCUT2D eigenvalue weighted by molar-refractivity contribution is 5.76. The van der Waals surface area contributed by atoms with Crippen molar-refractivity contribution in [3.8, 4) is 0 Å². The van der Waals surface area contributed by atoms with Gasteiger partial charge in [-0.1, -0.05) is 42.0 Å². The molecular formula is C16H13F3N2. The van der Waals surface area contributed by atoms with Gasteiger partial charge in [-0.05, 0) is 24.6 Å². The molecule has 0 spiro atoms. The molecule has 0 radical (unpaired) electrons. The average Bonchev–Trinajstić information content (AvgIpc) is 2.78. The molecule has 21 heavy (non-hydrogen) atoms. The average molecular weight is 290 g/mol. The van der Waals surface area contributed by atoms with Gasteiger partial charge in [0.05, 0.1) is 11.0 Å². The molecule has 3 aromatic rings. The van der Waals surface area contributed by atoms with Crippen molar-refractivity contribution >= 4 is 11.0 Å². The van der Waals surface area contributed by atoms with Crippen molar-refractivity contribution in [2.75, 3.05) is 0 Å². The van der Waals surface area contributed by atoms with Crippen molar-refractivity contribution in [2.24, 2.45) is 0 Å². The second-order valence-electron chi connectivity index (χ2n) is 5.00. The number of rotatable bonds is 2. The van der Waals surface area contributed by atoms with Crippen molar-refractivity contribution in [2.45, 2.75) is 19.6 Å². The van der Waals surface area contributed by atoms with E-state index >= 15 is 0 Å². The first kappa shape index (κ1) is 13.7. The molecule has 0 fully saturated rings. The lowest BCUT2D eigenvalue weighted by Gasteiger charge is -2.12. The first-order chi connectivity index (χ1) is 9.95. The third-order valence-corrected chi connectivity index (χ3v) is 3.33. The predicted octanol–water partition coefficient (Wildman–Crippen LogP) is 4.41. The number of fused-ring (bicyclic) bond motifs is 1. The van der Waals surface area contributed by atoms with E-state index in [-0.39, 0.29) is 6.54 Å². The van der Waals surface area contributed by atoms with E-state index in [1.54, 1.807) is 24.3 Å². The summed E-state index contributed by atoms with van der Waals surface area (Å²) in [6.45, 7) is 2.07. The second-order valence-corrected chi connectivity index (χ2v) is 5.00. The molecule has 5 heteroatoms. The summed E-state index contributed by atoms with van der Waals surface area (Å²) in [5.41, 5.74) is 2.69. The molecule has 0 unspecified atom stereocenters. The molecule has 0 aliphatic heterocycles. The summed E-state index contributed by atoms with van der Waals surface area (Å²) >= 11 is 0. The molecule has 0 atom stereocenters. The fourth-order valence-electron chi connectivity index (χ4n) is 2.45. The summed E-state index contributed by atoms with van der Waals surface area (Å²) in [5.74, 6) is -0.856. The molecule has 108 valence electrons. The number of hydrogen-bond acceptors (Lipinski definition) is 1. The number of alkyl halides is 3. The molecule has 2 nitrogen and oxygen atoms in total. The molecule has 0 saturated carbocycles. The van der Waals surface area contributed by atoms with Crippen LogP contribution in [0.15, 0.2) is 48.5 Å². The summed E-state index contributed by atoms with van der Waals surface area (Å²) in [5, 5.41) is 0. The van der Waals surface area contributed by atoms with Crippen LogP contribution in [-0.4, -0.2) is 9.55 Å². The first-order valence-electron chi connectivity index (χ1n) is 6.53. The Kier molecular flexibility index (Phi) is 3.20. The van der Waals surface area contributed by atoms with Crippen LogP contribution in [0.25, 0.3) is 11.0 Å². The van der Waals surface area contributed by atoms with Gasteiger partial charge < -0.3 is 4.57 Å². The Morgan fingerprint density at radius 1 is 1.05 bits per heavy atom. The molecule has 0 N–H and O–H groups in total. The molecule has 1 aromatic heterocycles. The van der Waals surface area contributed by atoms with E-state index in [9.17, 15) is 13.2 Å². The molecule has 0 aliphatic carbocycles. The molecule has 3 rings (SSSR count). The molecule has 2 aromatic carbocycles. The number of halogens is 3. The van der Waals surface area contributed by atoms with Gasteiger partial charge in [0.1, 0.15) is 0 Å². The lowest BCUT2D eigenvalue weighted by atomic mass is 10.1. The lowest BCUT2D eigenvalue weighted by molar-refractivity contribution is -0.146. The standard InChI is InChI=1S/C16H13F3N2/c1-11-5-4-6-12(9-11)10-21-14-8-3-2-7-13(14)20-15(21)16(17,18)19/h2-9H,10H2,1H3. The normalized spacial score (nSPS) is 12.0. The fourth-order valence-corrected chi connectivity index (χ4v) is 2.45. The van der Waals surface area contributed by atoms with Crippen LogP contribution in [0.5, 0.6) is 0 Å². The minimum absolute atomic E-state index is 0.150. The van der Waals surface area contributed by atoms with E-state index in [4.69, 9.17) is 0 Å². The summed E-state index contributed by atoms with van der Waals surface area (Å²) in [4.78, 5) is 3.74. The Morgan fingerprint density at radius 2 is 1.81 bits per heavy atom. The minimum atomic E-state index is -4.47. The summed E-state index contributed by atoms with van der Waals surface area (Å²) in [7, 11) is 0. The number of para-hydroxylation sites is 2. The number of imidazole rings is 1. The Morgan fingerprint density at radius 3 is 2.52 bits per heavy atom. The first-order valence-corrected chi connectivity index (χ1v) is 6.53. The zero-order valence-electron chi connectivity index (χ0n) is 11.4. The summed E-state index contributed by atoms with van der Waals surface area (Å²) in [6.07, 6.45) is -4.47. The van der Waals surface area contributed by atoms with Gasteiger partial charge in [-0.3, -0.25) is 0 Å². The predicted molar refractivity (Wildman–Crippen MR) is 75.0 cm³/mol. The van der Waals surface area contributed by atoms with Crippen LogP contribution in [0.3, 0.4) is 0 Å². The van der Waals surface area contributed by atoms with E-state index in [1.807, 2.05) is 31.2 Å². The third-order valence-electron chi connectivity index (χ3n) is 3.33. The highest BCUT2D eigenvalue weighted by atomic mass is 19.4. The fraction of sp³-hybridized carbons (Fsp3) is 0.188. The highest BCUT2D eigenvalue weighted by Crippen LogP contribution is 2.32. The van der Waals surface area contributed by atoms with Gasteiger partial charge in [-0.25, -0.2) is 4.98 Å². The number of benzene rings is 2. The van der Waals surface area contributed by atoms with Gasteiger partial charge >= 0.3 is 6.18 Å². The van der Waals surface area contributed by atoms with Crippen molar-refractivity contribution in [3.05, 3.63) is 65.5 Å². The SMILES string of the molecule is Cc1cccc(Cn2c(C(F)(F)F)nc3ccccc32)c1. The van der Waals surface area contributed by atoms with Crippen molar-refractivity contribution in [3.63, 3.8) is 0 Å². The van der Waals surface area contributed by atoms with Crippen LogP contribution < -0.4 is 0 Å². The van der Waals surface area contributed by atoms with Crippen molar-refractivity contribution < 1.29 is 13.2 Å². The smallest absolute Gasteiger partial charge is 0.316 e. The number of nitrogens with zero attached hydrogens (tertiary/aromatic N) is 2. The maximum absolute atomic E-state index is 13.2. The topological polar surface area (TPSA) is 17.8 Å². The van der Waals surface area contributed by atoms with Gasteiger partial charge in [0.15, 0.2) is 0 Å². The number of aryl methyl sites for hydroxylation is 1. The zero-order valence-corrected chi connectivity index (χ0v) is 11.4. The van der Waals surface area contributed by atoms with Crippen LogP contribution in [-0.2, 0) is 12.7 Å². The minimum Gasteiger partial charge on any atom is -0.316 e. The monoisotopic (exact) mass is 290 g/mol. The Labute approximate surface area is 119 Å². The van der Waals surface area contributed by atoms with Crippen LogP contribution in [0.1, 0.15) is 17.0 Å². The zero-order chi connectivity index (χ0) is 15.0. The van der Waals surface area contributed by atoms with E-state index in [0.29, 0.717) is 11.0 Å². The van der Waals surface area contributed by atoms with Crippen molar-refractivity contribution in [1.29, 1.82) is 0 Å². The van der Waals surface area contributed by atoms with Gasteiger partial charge in [0.25, 0.3) is 0 Å². The second kappa shape index (κ2) is 4.91. The van der Waals surface area contributed by atoms with Gasteiger partial charge in [-0.2, -0.15) is 13.2 Å². The molecule has 0 saturated heterocycles. The largest absolute Gasteiger partial charge is 0.449 e. The van der Waals surface area contributed by atoms with Gasteiger partial charge in [-0.15, -0.1) is 0 Å². The Bertz CT molecular complexity index is 788.